The molecule has 0 aromatic heterocycles. The van der Waals surface area contributed by atoms with Gasteiger partial charge in [-0.25, -0.2) is 4.39 Å². The van der Waals surface area contributed by atoms with Gasteiger partial charge in [-0.3, -0.25) is 4.79 Å². The molecule has 3 nitrogen and oxygen atoms in total. The van der Waals surface area contributed by atoms with Crippen molar-refractivity contribution in [1.29, 1.82) is 0 Å². The number of benzene rings is 1. The lowest BCUT2D eigenvalue weighted by atomic mass is 10.2. The monoisotopic (exact) mass is 328 g/mol. The topological polar surface area (TPSA) is 41.1 Å². The Balaban J connectivity index is 1.59. The molecule has 2 rings (SSSR count). The average molecular weight is 329 g/mol. The predicted molar refractivity (Wildman–Crippen MR) is 76.2 cm³/mol. The zero-order valence-corrected chi connectivity index (χ0v) is 12.3. The number of carbonyl (C=O) groups is 1. The number of nitrogens with one attached hydrogen (secondary N) is 2. The van der Waals surface area contributed by atoms with Crippen LogP contribution >= 0.6 is 15.9 Å². The van der Waals surface area contributed by atoms with E-state index in [1.807, 2.05) is 6.07 Å². The summed E-state index contributed by atoms with van der Waals surface area (Å²) in [5, 5.41) is 6.10. The van der Waals surface area contributed by atoms with Gasteiger partial charge in [0, 0.05) is 29.0 Å². The van der Waals surface area contributed by atoms with Crippen LogP contribution in [0.15, 0.2) is 22.7 Å². The predicted octanol–water partition coefficient (Wildman–Crippen LogP) is 2.74. The molecule has 0 bridgehead atoms. The molecule has 0 atom stereocenters. The SMILES string of the molecule is O=C(CCCNCc1ccc(Br)cc1F)NC1CC1. The van der Waals surface area contributed by atoms with Crippen LogP contribution in [0.25, 0.3) is 0 Å². The van der Waals surface area contributed by atoms with Crippen LogP contribution in [0.1, 0.15) is 31.2 Å². The number of hydrogen-bond donors (Lipinski definition) is 2. The summed E-state index contributed by atoms with van der Waals surface area (Å²) in [4.78, 5) is 11.4. The van der Waals surface area contributed by atoms with Gasteiger partial charge in [0.05, 0.1) is 0 Å². The van der Waals surface area contributed by atoms with E-state index in [0.717, 1.165) is 23.7 Å². The van der Waals surface area contributed by atoms with E-state index in [0.29, 0.717) is 31.1 Å². The molecule has 0 saturated heterocycles. The molecular weight excluding hydrogens is 311 g/mol. The Bertz CT molecular complexity index is 449. The standard InChI is InChI=1S/C14H18BrFN2O/c15-11-4-3-10(13(16)8-11)9-17-7-1-2-14(19)18-12-5-6-12/h3-4,8,12,17H,1-2,5-7,9H2,(H,18,19). The van der Waals surface area contributed by atoms with Gasteiger partial charge in [-0.05, 0) is 37.9 Å². The highest BCUT2D eigenvalue weighted by Crippen LogP contribution is 2.18. The average Bonchev–Trinajstić information content (AvgIpc) is 3.15. The molecule has 5 heteroatoms. The van der Waals surface area contributed by atoms with Gasteiger partial charge < -0.3 is 10.6 Å². The third kappa shape index (κ3) is 5.28. The normalized spacial score (nSPS) is 14.4. The highest BCUT2D eigenvalue weighted by Gasteiger charge is 2.22. The molecule has 0 radical (unpaired) electrons. The molecule has 2 N–H and O–H groups in total. The molecule has 1 aliphatic rings. The van der Waals surface area contributed by atoms with Crippen LogP contribution in [-0.2, 0) is 11.3 Å². The quantitative estimate of drug-likeness (QED) is 0.755. The Kier molecular flexibility index (Phi) is 5.34. The van der Waals surface area contributed by atoms with Gasteiger partial charge in [-0.15, -0.1) is 0 Å². The van der Waals surface area contributed by atoms with Crippen molar-refractivity contribution in [2.45, 2.75) is 38.3 Å². The first kappa shape index (κ1) is 14.5. The minimum atomic E-state index is -0.214. The summed E-state index contributed by atoms with van der Waals surface area (Å²) in [6.07, 6.45) is 3.54. The lowest BCUT2D eigenvalue weighted by molar-refractivity contribution is -0.121. The Labute approximate surface area is 121 Å². The highest BCUT2D eigenvalue weighted by molar-refractivity contribution is 9.10. The van der Waals surface area contributed by atoms with Gasteiger partial charge in [0.15, 0.2) is 0 Å². The molecule has 1 aliphatic carbocycles. The van der Waals surface area contributed by atoms with Crippen molar-refractivity contribution in [2.24, 2.45) is 0 Å². The second kappa shape index (κ2) is 7.01. The number of halogens is 2. The molecule has 104 valence electrons. The van der Waals surface area contributed by atoms with E-state index in [1.54, 1.807) is 6.07 Å². The number of rotatable bonds is 7. The second-order valence-electron chi connectivity index (χ2n) is 4.86. The van der Waals surface area contributed by atoms with E-state index in [2.05, 4.69) is 26.6 Å². The fourth-order valence-corrected chi connectivity index (χ4v) is 2.12. The summed E-state index contributed by atoms with van der Waals surface area (Å²) in [5.41, 5.74) is 0.644. The number of hydrogen-bond acceptors (Lipinski definition) is 2. The summed E-state index contributed by atoms with van der Waals surface area (Å²) in [6, 6.07) is 5.47. The smallest absolute Gasteiger partial charge is 0.220 e. The van der Waals surface area contributed by atoms with Crippen LogP contribution in [-0.4, -0.2) is 18.5 Å². The maximum atomic E-state index is 13.5. The van der Waals surface area contributed by atoms with Crippen LogP contribution in [0.5, 0.6) is 0 Å². The zero-order chi connectivity index (χ0) is 13.7. The van der Waals surface area contributed by atoms with Gasteiger partial charge in [0.25, 0.3) is 0 Å². The largest absolute Gasteiger partial charge is 0.353 e. The van der Waals surface area contributed by atoms with Crippen molar-refractivity contribution in [2.75, 3.05) is 6.54 Å². The first-order valence-electron chi connectivity index (χ1n) is 6.59. The van der Waals surface area contributed by atoms with E-state index >= 15 is 0 Å². The van der Waals surface area contributed by atoms with E-state index in [4.69, 9.17) is 0 Å². The molecule has 0 unspecified atom stereocenters. The molecule has 19 heavy (non-hydrogen) atoms. The third-order valence-corrected chi connectivity index (χ3v) is 3.52. The van der Waals surface area contributed by atoms with Crippen molar-refractivity contribution < 1.29 is 9.18 Å². The Morgan fingerprint density at radius 1 is 1.42 bits per heavy atom. The summed E-state index contributed by atoms with van der Waals surface area (Å²) in [6.45, 7) is 1.21. The molecule has 0 heterocycles. The molecule has 1 saturated carbocycles. The molecule has 0 spiro atoms. The van der Waals surface area contributed by atoms with Crippen molar-refractivity contribution in [1.82, 2.24) is 10.6 Å². The van der Waals surface area contributed by atoms with Gasteiger partial charge in [-0.2, -0.15) is 0 Å². The Hall–Kier alpha value is -0.940. The summed E-state index contributed by atoms with van der Waals surface area (Å²) in [5.74, 6) is -0.0903. The maximum Gasteiger partial charge on any atom is 0.220 e. The van der Waals surface area contributed by atoms with Crippen LogP contribution in [0, 0.1) is 5.82 Å². The van der Waals surface area contributed by atoms with Gasteiger partial charge in [0.1, 0.15) is 5.82 Å². The van der Waals surface area contributed by atoms with Crippen LogP contribution in [0.3, 0.4) is 0 Å². The molecule has 1 aromatic carbocycles. The van der Waals surface area contributed by atoms with Gasteiger partial charge in [-0.1, -0.05) is 22.0 Å². The molecule has 0 aliphatic heterocycles. The lowest BCUT2D eigenvalue weighted by Gasteiger charge is -2.07. The lowest BCUT2D eigenvalue weighted by Crippen LogP contribution is -2.26. The van der Waals surface area contributed by atoms with Crippen molar-refractivity contribution in [3.63, 3.8) is 0 Å². The van der Waals surface area contributed by atoms with Gasteiger partial charge >= 0.3 is 0 Å². The van der Waals surface area contributed by atoms with Crippen molar-refractivity contribution in [3.8, 4) is 0 Å². The van der Waals surface area contributed by atoms with E-state index < -0.39 is 0 Å². The number of carbonyl (C=O) groups excluding carboxylic acids is 1. The van der Waals surface area contributed by atoms with Crippen LogP contribution in [0.2, 0.25) is 0 Å². The minimum absolute atomic E-state index is 0.124. The summed E-state index contributed by atoms with van der Waals surface area (Å²) in [7, 11) is 0. The minimum Gasteiger partial charge on any atom is -0.353 e. The highest BCUT2D eigenvalue weighted by atomic mass is 79.9. The summed E-state index contributed by atoms with van der Waals surface area (Å²) < 4.78 is 14.2. The third-order valence-electron chi connectivity index (χ3n) is 3.03. The Morgan fingerprint density at radius 2 is 2.21 bits per heavy atom. The Morgan fingerprint density at radius 3 is 2.89 bits per heavy atom. The molecule has 1 aromatic rings. The molecule has 1 amide bonds. The first-order chi connectivity index (χ1) is 9.15. The van der Waals surface area contributed by atoms with Crippen LogP contribution in [0.4, 0.5) is 4.39 Å². The fraction of sp³-hybridized carbons (Fsp3) is 0.500. The second-order valence-corrected chi connectivity index (χ2v) is 5.77. The molecular formula is C14H18BrFN2O. The van der Waals surface area contributed by atoms with Crippen molar-refractivity contribution >= 4 is 21.8 Å². The van der Waals surface area contributed by atoms with E-state index in [1.165, 1.54) is 6.07 Å². The maximum absolute atomic E-state index is 13.5. The number of amides is 1. The fourth-order valence-electron chi connectivity index (χ4n) is 1.79. The zero-order valence-electron chi connectivity index (χ0n) is 10.7. The van der Waals surface area contributed by atoms with E-state index in [9.17, 15) is 9.18 Å². The van der Waals surface area contributed by atoms with Crippen LogP contribution < -0.4 is 10.6 Å². The first-order valence-corrected chi connectivity index (χ1v) is 7.38. The van der Waals surface area contributed by atoms with E-state index in [-0.39, 0.29) is 11.7 Å². The summed E-state index contributed by atoms with van der Waals surface area (Å²) >= 11 is 3.23. The van der Waals surface area contributed by atoms with Gasteiger partial charge in [0.2, 0.25) is 5.91 Å². The van der Waals surface area contributed by atoms with Crippen molar-refractivity contribution in [3.05, 3.63) is 34.1 Å². The molecule has 1 fully saturated rings.